The predicted molar refractivity (Wildman–Crippen MR) is 323 cm³/mol. The van der Waals surface area contributed by atoms with Crippen LogP contribution in [0.3, 0.4) is 0 Å². The Kier molecular flexibility index (Phi) is 23.4. The van der Waals surface area contributed by atoms with Crippen LogP contribution in [-0.4, -0.2) is 104 Å². The summed E-state index contributed by atoms with van der Waals surface area (Å²) in [5.41, 5.74) is -7.46. The van der Waals surface area contributed by atoms with Crippen molar-refractivity contribution in [1.82, 2.24) is 16.0 Å². The molecule has 0 radical (unpaired) electrons. The number of rotatable bonds is 12. The Morgan fingerprint density at radius 1 is 0.448 bits per heavy atom. The van der Waals surface area contributed by atoms with E-state index in [0.29, 0.717) is 16.6 Å². The van der Waals surface area contributed by atoms with E-state index in [4.69, 9.17) is 37.9 Å². The molecule has 9 rings (SSSR count). The van der Waals surface area contributed by atoms with Crippen LogP contribution in [0, 0.1) is 52.4 Å². The van der Waals surface area contributed by atoms with E-state index in [0.717, 1.165) is 24.3 Å². The number of ether oxygens (including phenoxy) is 2. The first-order valence-corrected chi connectivity index (χ1v) is 27.8. The molecule has 3 heterocycles. The Labute approximate surface area is 540 Å². The average Bonchev–Trinajstić information content (AvgIpc) is 0.786. The first kappa shape index (κ1) is 74.0. The van der Waals surface area contributed by atoms with E-state index in [1.54, 1.807) is 47.6 Å². The van der Waals surface area contributed by atoms with Crippen molar-refractivity contribution >= 4 is 97.0 Å². The number of carbonyl (C=O) groups excluding carboxylic acids is 5. The smallest absolute Gasteiger partial charge is 0.488 e. The summed E-state index contributed by atoms with van der Waals surface area (Å²) in [4.78, 5) is 107. The van der Waals surface area contributed by atoms with Crippen LogP contribution in [0.5, 0.6) is 17.2 Å². The molecule has 34 heteroatoms. The zero-order valence-corrected chi connectivity index (χ0v) is 51.6. The topological polar surface area (TPSA) is 369 Å². The number of hydrogen-bond acceptors (Lipinski definition) is 19. The molecule has 0 aliphatic heterocycles. The van der Waals surface area contributed by atoms with E-state index >= 15 is 0 Å². The maximum Gasteiger partial charge on any atom is 0.488 e. The van der Waals surface area contributed by atoms with E-state index in [2.05, 4.69) is 26.6 Å². The second-order valence-electron chi connectivity index (χ2n) is 21.7. The molecule has 0 bridgehead atoms. The Balaban J connectivity index is 0.000000211. The fourth-order valence-electron chi connectivity index (χ4n) is 8.14. The number of esters is 2. The minimum atomic E-state index is -2.00. The van der Waals surface area contributed by atoms with Crippen molar-refractivity contribution in [2.45, 2.75) is 52.7 Å². The van der Waals surface area contributed by atoms with E-state index in [1.165, 1.54) is 48.5 Å². The monoisotopic (exact) mass is 1420 g/mol. The highest BCUT2D eigenvalue weighted by molar-refractivity contribution is 9.10. The maximum absolute atomic E-state index is 13.5. The highest BCUT2D eigenvalue weighted by Crippen LogP contribution is 2.34. The van der Waals surface area contributed by atoms with Gasteiger partial charge in [-0.2, -0.15) is 0 Å². The lowest BCUT2D eigenvalue weighted by Crippen LogP contribution is -2.36. The largest absolute Gasteiger partial charge is 0.506 e. The third kappa shape index (κ3) is 18.6. The number of carbonyl (C=O) groups is 6. The molecule has 3 aromatic heterocycles. The van der Waals surface area contributed by atoms with Gasteiger partial charge in [0.2, 0.25) is 0 Å². The minimum Gasteiger partial charge on any atom is -0.506 e. The highest BCUT2D eigenvalue weighted by atomic mass is 79.9. The number of halogens is 10. The first-order chi connectivity index (χ1) is 44.7. The molecule has 0 saturated heterocycles. The van der Waals surface area contributed by atoms with Gasteiger partial charge in [0.1, 0.15) is 64.8 Å². The highest BCUT2D eigenvalue weighted by Gasteiger charge is 2.27. The van der Waals surface area contributed by atoms with Crippen LogP contribution in [0.2, 0.25) is 0 Å². The van der Waals surface area contributed by atoms with Crippen LogP contribution >= 0.6 is 15.9 Å². The Morgan fingerprint density at radius 3 is 1.04 bits per heavy atom. The van der Waals surface area contributed by atoms with E-state index in [9.17, 15) is 98.0 Å². The lowest BCUT2D eigenvalue weighted by atomic mass is 9.80. The van der Waals surface area contributed by atoms with E-state index in [1.807, 2.05) is 5.32 Å². The van der Waals surface area contributed by atoms with Gasteiger partial charge in [0.25, 0.3) is 17.7 Å². The lowest BCUT2D eigenvalue weighted by molar-refractivity contribution is -0.154. The van der Waals surface area contributed by atoms with Gasteiger partial charge in [0.15, 0.2) is 69.0 Å². The normalized spacial score (nSPS) is 11.1. The summed E-state index contributed by atoms with van der Waals surface area (Å²) < 4.78 is 143. The number of hydrogen-bond donors (Lipinski definition) is 9. The number of carboxylic acids is 1. The Hall–Kier alpha value is -11.0. The summed E-state index contributed by atoms with van der Waals surface area (Å²) in [6.07, 6.45) is 0. The van der Waals surface area contributed by atoms with Crippen molar-refractivity contribution in [2.24, 2.45) is 0 Å². The van der Waals surface area contributed by atoms with E-state index in [-0.39, 0.29) is 55.2 Å². The van der Waals surface area contributed by atoms with Crippen LogP contribution in [0.4, 0.5) is 39.5 Å². The zero-order valence-electron chi connectivity index (χ0n) is 50.0. The van der Waals surface area contributed by atoms with E-state index < -0.39 is 182 Å². The molecule has 504 valence electrons. The van der Waals surface area contributed by atoms with Crippen LogP contribution in [-0.2, 0) is 23.9 Å². The standard InChI is InChI=1S/C22H18F3NO6.C18H10F3NO6.C16H16BrNO6.C6H4BF3O2/c1-22(2,3)32-16(27)9-26-20(29)17-19(28)12-5-4-10(8-15(12)31-21(17)30)11-6-13(23)18(25)14(24)7-11;19-10-3-8(4-11(20)15(10)21)7-1-2-9-12(5-7)28-18(27)14(16(9)25)17(26)22-6-13(23)24;1-16(2,3)24-11(19)7-18-14(21)12-13(20)9-5-4-8(17)6-10(9)23-15(12)22;8-4-1-3(7(11)12)2-5(9)6(4)10/h4-8,28H,9H2,1-3H3,(H,26,29);1-5,25H,6H2,(H,22,26)(H,23,24);4-6,20H,7H2,1-3H3,(H,18,21);1-2,11-12H. The zero-order chi connectivity index (χ0) is 71.7. The molecular weight excluding hydrogens is 1370 g/mol. The first-order valence-electron chi connectivity index (χ1n) is 27.0. The summed E-state index contributed by atoms with van der Waals surface area (Å²) in [5.74, 6) is -21.3. The number of benzene rings is 6. The van der Waals surface area contributed by atoms with Crippen LogP contribution < -0.4 is 38.3 Å². The van der Waals surface area contributed by atoms with Crippen LogP contribution in [0.25, 0.3) is 55.2 Å². The number of fused-ring (bicyclic) bond motifs is 3. The number of aromatic hydroxyl groups is 3. The van der Waals surface area contributed by atoms with Gasteiger partial charge in [0, 0.05) is 4.47 Å². The average molecular weight is 1420 g/mol. The third-order valence-electron chi connectivity index (χ3n) is 12.2. The number of aliphatic carboxylic acids is 1. The third-order valence-corrected chi connectivity index (χ3v) is 12.7. The van der Waals surface area contributed by atoms with Crippen molar-refractivity contribution in [3.8, 4) is 39.5 Å². The molecule has 6 aromatic carbocycles. The molecule has 0 atom stereocenters. The van der Waals surface area contributed by atoms with Crippen molar-refractivity contribution < 1.29 is 121 Å². The molecule has 9 aromatic rings. The predicted octanol–water partition coefficient (Wildman–Crippen LogP) is 8.17. The maximum atomic E-state index is 13.5. The van der Waals surface area contributed by atoms with Gasteiger partial charge in [-0.1, -0.05) is 28.1 Å². The molecule has 23 nitrogen and oxygen atoms in total. The number of amides is 3. The van der Waals surface area contributed by atoms with Crippen molar-refractivity contribution in [3.05, 3.63) is 196 Å². The second kappa shape index (κ2) is 30.4. The molecule has 0 aliphatic rings. The van der Waals surface area contributed by atoms with Crippen molar-refractivity contribution in [3.63, 3.8) is 0 Å². The van der Waals surface area contributed by atoms with Gasteiger partial charge >= 0.3 is 41.9 Å². The molecule has 9 N–H and O–H groups in total. The quantitative estimate of drug-likeness (QED) is 0.0183. The van der Waals surface area contributed by atoms with Gasteiger partial charge in [-0.05, 0) is 148 Å². The molecule has 3 amide bonds. The summed E-state index contributed by atoms with van der Waals surface area (Å²) in [5, 5.41) is 62.7. The Bertz CT molecular complexity index is 4710. The van der Waals surface area contributed by atoms with Crippen LogP contribution in [0.1, 0.15) is 72.6 Å². The van der Waals surface area contributed by atoms with Gasteiger partial charge < -0.3 is 69.1 Å². The summed E-state index contributed by atoms with van der Waals surface area (Å²) in [7, 11) is -2.00. The van der Waals surface area contributed by atoms with Crippen molar-refractivity contribution in [1.29, 1.82) is 0 Å². The number of carboxylic acid groups (broad SMARTS) is 1. The lowest BCUT2D eigenvalue weighted by Gasteiger charge is -2.19. The van der Waals surface area contributed by atoms with Gasteiger partial charge in [-0.25, -0.2) is 53.9 Å². The summed E-state index contributed by atoms with van der Waals surface area (Å²) in [6.45, 7) is 8.22. The Morgan fingerprint density at radius 2 is 0.740 bits per heavy atom. The molecule has 96 heavy (non-hydrogen) atoms. The SMILES string of the molecule is CC(C)(C)OC(=O)CNC(=O)c1c(O)c2ccc(-c3cc(F)c(F)c(F)c3)cc2oc1=O.CC(C)(C)OC(=O)CNC(=O)c1c(O)c2ccc(Br)cc2oc1=O.O=C(O)CNC(=O)c1c(O)c2ccc(-c3cc(F)c(F)c(F)c3)cc2oc1=O.OB(O)c1cc(F)c(F)c(F)c1. The molecular formula is C62H48BBrF9N3O20. The van der Waals surface area contributed by atoms with Gasteiger partial charge in [-0.15, -0.1) is 0 Å². The molecule has 0 fully saturated rings. The fourth-order valence-corrected chi connectivity index (χ4v) is 8.48. The van der Waals surface area contributed by atoms with Crippen molar-refractivity contribution in [2.75, 3.05) is 19.6 Å². The molecule has 0 aliphatic carbocycles. The van der Waals surface area contributed by atoms with Gasteiger partial charge in [-0.3, -0.25) is 28.8 Å². The summed E-state index contributed by atoms with van der Waals surface area (Å²) in [6, 6.07) is 16.1. The fraction of sp³-hybridized carbons (Fsp3) is 0.177. The molecule has 0 unspecified atom stereocenters. The summed E-state index contributed by atoms with van der Waals surface area (Å²) >= 11 is 3.22. The van der Waals surface area contributed by atoms with Gasteiger partial charge in [0.05, 0.1) is 16.2 Å². The molecule has 0 spiro atoms. The second-order valence-corrected chi connectivity index (χ2v) is 22.6. The minimum absolute atomic E-state index is 0.0374. The molecule has 0 saturated carbocycles. The number of nitrogens with one attached hydrogen (secondary N) is 3. The van der Waals surface area contributed by atoms with Crippen LogP contribution in [0.15, 0.2) is 123 Å².